The van der Waals surface area contributed by atoms with Crippen molar-refractivity contribution >= 4 is 16.6 Å². The molecule has 132 valence electrons. The second-order valence-corrected chi connectivity index (χ2v) is 6.45. The Morgan fingerprint density at radius 1 is 0.964 bits per heavy atom. The van der Waals surface area contributed by atoms with Crippen LogP contribution in [0.4, 0.5) is 0 Å². The first-order valence-corrected chi connectivity index (χ1v) is 8.70. The molecule has 0 bridgehead atoms. The van der Waals surface area contributed by atoms with Crippen molar-refractivity contribution < 1.29 is 0 Å². The van der Waals surface area contributed by atoms with Crippen molar-refractivity contribution in [2.24, 2.45) is 0 Å². The molecule has 0 fully saturated rings. The summed E-state index contributed by atoms with van der Waals surface area (Å²) in [5.74, 6) is 0. The lowest BCUT2D eigenvalue weighted by Gasteiger charge is -2.05. The Kier molecular flexibility index (Phi) is 3.53. The third kappa shape index (κ3) is 2.54. The van der Waals surface area contributed by atoms with Gasteiger partial charge in [-0.25, -0.2) is 0 Å². The molecule has 0 saturated heterocycles. The van der Waals surface area contributed by atoms with E-state index in [1.54, 1.807) is 30.6 Å². The third-order valence-electron chi connectivity index (χ3n) is 4.72. The molecule has 0 unspecified atom stereocenters. The van der Waals surface area contributed by atoms with Gasteiger partial charge in [0.2, 0.25) is 0 Å². The van der Waals surface area contributed by atoms with Crippen molar-refractivity contribution in [2.75, 3.05) is 0 Å². The Morgan fingerprint density at radius 2 is 1.79 bits per heavy atom. The van der Waals surface area contributed by atoms with Crippen LogP contribution < -0.4 is 5.56 Å². The van der Waals surface area contributed by atoms with E-state index in [1.807, 2.05) is 42.5 Å². The van der Waals surface area contributed by atoms with Gasteiger partial charge in [-0.2, -0.15) is 14.9 Å². The Labute approximate surface area is 159 Å². The minimum atomic E-state index is -0.176. The smallest absolute Gasteiger partial charge is 0.282 e. The van der Waals surface area contributed by atoms with Gasteiger partial charge in [-0.15, -0.1) is 0 Å². The molecule has 5 rings (SSSR count). The number of hydrogen-bond donors (Lipinski definition) is 1. The number of benzene rings is 2. The van der Waals surface area contributed by atoms with E-state index in [-0.39, 0.29) is 5.56 Å². The highest BCUT2D eigenvalue weighted by atomic mass is 16.1. The quantitative estimate of drug-likeness (QED) is 0.517. The normalized spacial score (nSPS) is 11.0. The van der Waals surface area contributed by atoms with Gasteiger partial charge in [-0.3, -0.25) is 9.78 Å². The van der Waals surface area contributed by atoms with Gasteiger partial charge in [0, 0.05) is 24.0 Å². The number of nitrogens with one attached hydrogen (secondary N) is 1. The minimum Gasteiger partial charge on any atom is -0.339 e. The fourth-order valence-corrected chi connectivity index (χ4v) is 3.28. The lowest BCUT2D eigenvalue weighted by Crippen LogP contribution is -2.15. The molecule has 6 nitrogen and oxygen atoms in total. The molecular formula is C22H13N5O. The summed E-state index contributed by atoms with van der Waals surface area (Å²) in [4.78, 5) is 20.3. The zero-order chi connectivity index (χ0) is 19.1. The van der Waals surface area contributed by atoms with Crippen LogP contribution in [0, 0.1) is 11.3 Å². The summed E-state index contributed by atoms with van der Waals surface area (Å²) < 4.78 is 1.38. The Hall–Kier alpha value is -4.24. The van der Waals surface area contributed by atoms with Crippen LogP contribution in [0.2, 0.25) is 0 Å². The molecule has 0 spiro atoms. The standard InChI is InChI=1S/C22H13N5O/c23-12-14-3-5-15(6-4-14)16-7-8-18-20(10-16)25-21-11-19(26-27(21)22(18)28)17-2-1-9-24-13-17/h1-11,13,25H. The van der Waals surface area contributed by atoms with Crippen molar-refractivity contribution in [3.05, 3.63) is 89.0 Å². The van der Waals surface area contributed by atoms with E-state index in [2.05, 4.69) is 21.1 Å². The highest BCUT2D eigenvalue weighted by Gasteiger charge is 2.11. The Morgan fingerprint density at radius 3 is 2.54 bits per heavy atom. The molecule has 1 N–H and O–H groups in total. The summed E-state index contributed by atoms with van der Waals surface area (Å²) in [6.07, 6.45) is 3.42. The van der Waals surface area contributed by atoms with Crippen LogP contribution in [0.1, 0.15) is 5.56 Å². The summed E-state index contributed by atoms with van der Waals surface area (Å²) in [6, 6.07) is 20.7. The minimum absolute atomic E-state index is 0.176. The van der Waals surface area contributed by atoms with E-state index in [4.69, 9.17) is 5.26 Å². The Balaban J connectivity index is 1.68. The summed E-state index contributed by atoms with van der Waals surface area (Å²) >= 11 is 0. The zero-order valence-electron chi connectivity index (χ0n) is 14.6. The summed E-state index contributed by atoms with van der Waals surface area (Å²) in [5, 5.41) is 13.9. The average molecular weight is 363 g/mol. The van der Waals surface area contributed by atoms with Crippen molar-refractivity contribution in [2.45, 2.75) is 0 Å². The summed E-state index contributed by atoms with van der Waals surface area (Å²) in [7, 11) is 0. The van der Waals surface area contributed by atoms with Crippen molar-refractivity contribution in [1.82, 2.24) is 19.6 Å². The number of nitriles is 1. The maximum absolute atomic E-state index is 12.9. The number of fused-ring (bicyclic) bond motifs is 2. The van der Waals surface area contributed by atoms with E-state index in [0.29, 0.717) is 22.3 Å². The van der Waals surface area contributed by atoms with Gasteiger partial charge in [0.25, 0.3) is 5.56 Å². The molecule has 0 aliphatic carbocycles. The molecule has 28 heavy (non-hydrogen) atoms. The number of nitrogens with zero attached hydrogens (tertiary/aromatic N) is 4. The molecule has 3 heterocycles. The van der Waals surface area contributed by atoms with E-state index >= 15 is 0 Å². The van der Waals surface area contributed by atoms with Crippen LogP contribution in [0.25, 0.3) is 38.9 Å². The van der Waals surface area contributed by atoms with Gasteiger partial charge >= 0.3 is 0 Å². The molecule has 2 aromatic carbocycles. The maximum Gasteiger partial charge on any atom is 0.282 e. The molecule has 0 aliphatic heterocycles. The maximum atomic E-state index is 12.9. The topological polar surface area (TPSA) is 86.8 Å². The van der Waals surface area contributed by atoms with E-state index in [1.165, 1.54) is 4.52 Å². The molecule has 5 aromatic rings. The van der Waals surface area contributed by atoms with Gasteiger partial charge in [-0.1, -0.05) is 18.2 Å². The van der Waals surface area contributed by atoms with Crippen LogP contribution in [-0.2, 0) is 0 Å². The van der Waals surface area contributed by atoms with E-state index in [9.17, 15) is 4.79 Å². The van der Waals surface area contributed by atoms with Crippen molar-refractivity contribution in [3.8, 4) is 28.5 Å². The SMILES string of the molecule is N#Cc1ccc(-c2ccc3c(=O)n4nc(-c5cccnc5)cc4[nH]c3c2)cc1. The molecule has 6 heteroatoms. The molecule has 0 amide bonds. The second-order valence-electron chi connectivity index (χ2n) is 6.45. The lowest BCUT2D eigenvalue weighted by atomic mass is 10.0. The van der Waals surface area contributed by atoms with Crippen LogP contribution in [0.15, 0.2) is 77.9 Å². The zero-order valence-corrected chi connectivity index (χ0v) is 14.6. The molecule has 3 aromatic heterocycles. The monoisotopic (exact) mass is 363 g/mol. The second kappa shape index (κ2) is 6.18. The van der Waals surface area contributed by atoms with E-state index in [0.717, 1.165) is 22.2 Å². The van der Waals surface area contributed by atoms with Crippen LogP contribution in [0.3, 0.4) is 0 Å². The summed E-state index contributed by atoms with van der Waals surface area (Å²) in [5.41, 5.74) is 5.26. The summed E-state index contributed by atoms with van der Waals surface area (Å²) in [6.45, 7) is 0. The first-order chi connectivity index (χ1) is 13.7. The molecule has 0 radical (unpaired) electrons. The predicted molar refractivity (Wildman–Crippen MR) is 107 cm³/mol. The number of aromatic nitrogens is 4. The third-order valence-corrected chi connectivity index (χ3v) is 4.72. The number of rotatable bonds is 2. The average Bonchev–Trinajstić information content (AvgIpc) is 3.19. The number of pyridine rings is 1. The largest absolute Gasteiger partial charge is 0.339 e. The number of aromatic amines is 1. The first-order valence-electron chi connectivity index (χ1n) is 8.70. The highest BCUT2D eigenvalue weighted by Crippen LogP contribution is 2.24. The van der Waals surface area contributed by atoms with Crippen LogP contribution in [-0.4, -0.2) is 19.6 Å². The molecule has 0 saturated carbocycles. The van der Waals surface area contributed by atoms with E-state index < -0.39 is 0 Å². The van der Waals surface area contributed by atoms with Crippen molar-refractivity contribution in [3.63, 3.8) is 0 Å². The van der Waals surface area contributed by atoms with Gasteiger partial charge in [0.1, 0.15) is 5.65 Å². The highest BCUT2D eigenvalue weighted by molar-refractivity contribution is 5.85. The first kappa shape index (κ1) is 16.0. The van der Waals surface area contributed by atoms with Gasteiger partial charge < -0.3 is 4.98 Å². The fraction of sp³-hybridized carbons (Fsp3) is 0. The molecular weight excluding hydrogens is 350 g/mol. The van der Waals surface area contributed by atoms with Gasteiger partial charge in [0.15, 0.2) is 0 Å². The van der Waals surface area contributed by atoms with Gasteiger partial charge in [0.05, 0.1) is 28.2 Å². The number of hydrogen-bond acceptors (Lipinski definition) is 4. The van der Waals surface area contributed by atoms with Crippen LogP contribution in [0.5, 0.6) is 0 Å². The molecule has 0 aliphatic rings. The van der Waals surface area contributed by atoms with Crippen molar-refractivity contribution in [1.29, 1.82) is 5.26 Å². The lowest BCUT2D eigenvalue weighted by molar-refractivity contribution is 0.919. The predicted octanol–water partition coefficient (Wildman–Crippen LogP) is 3.78. The molecule has 0 atom stereocenters. The fourth-order valence-electron chi connectivity index (χ4n) is 3.28. The van der Waals surface area contributed by atoms with Gasteiger partial charge in [-0.05, 0) is 47.5 Å². The number of H-pyrrole nitrogens is 1. The Bertz CT molecular complexity index is 1420. The van der Waals surface area contributed by atoms with Crippen LogP contribution >= 0.6 is 0 Å².